The average Bonchev–Trinajstić information content (AvgIpc) is 2.03. The molecule has 1 heteroatoms. The maximum Gasteiger partial charge on any atom is 0.177 e. The highest BCUT2D eigenvalue weighted by molar-refractivity contribution is 5.88. The lowest BCUT2D eigenvalue weighted by atomic mass is 9.93. The maximum absolute atomic E-state index is 2.22. The Hall–Kier alpha value is -0.850. The van der Waals surface area contributed by atoms with E-state index in [-0.39, 0.29) is 5.41 Å². The number of hydrogen-bond donors (Lipinski definition) is 0. The third-order valence-electron chi connectivity index (χ3n) is 2.04. The summed E-state index contributed by atoms with van der Waals surface area (Å²) in [4.78, 5) is 0. The van der Waals surface area contributed by atoms with Crippen LogP contribution in [0.2, 0.25) is 0 Å². The summed E-state index contributed by atoms with van der Waals surface area (Å²) < 4.78 is 2.13. The topological polar surface area (TPSA) is 3.01 Å². The molecule has 0 N–H and O–H groups in total. The van der Waals surface area contributed by atoms with Crippen LogP contribution in [0.4, 0.5) is 0 Å². The second-order valence-corrected chi connectivity index (χ2v) is 3.72. The van der Waals surface area contributed by atoms with Gasteiger partial charge in [-0.2, -0.15) is 0 Å². The Labute approximate surface area is 68.7 Å². The fourth-order valence-corrected chi connectivity index (χ4v) is 0.930. The number of allylic oxidation sites excluding steroid dienone is 3. The summed E-state index contributed by atoms with van der Waals surface area (Å²) in [5.41, 5.74) is 1.48. The summed E-state index contributed by atoms with van der Waals surface area (Å²) in [6.45, 7) is 6.52. The van der Waals surface area contributed by atoms with Crippen molar-refractivity contribution in [2.75, 3.05) is 7.05 Å². The van der Waals surface area contributed by atoms with Gasteiger partial charge in [-0.05, 0) is 6.08 Å². The maximum atomic E-state index is 2.22. The van der Waals surface area contributed by atoms with Crippen molar-refractivity contribution in [3.05, 3.63) is 24.4 Å². The Kier molecular flexibility index (Phi) is 1.99. The molecule has 1 rings (SSSR count). The Morgan fingerprint density at radius 1 is 1.27 bits per heavy atom. The summed E-state index contributed by atoms with van der Waals surface area (Å²) >= 11 is 0. The zero-order chi connectivity index (χ0) is 8.48. The molecular weight excluding hydrogens is 134 g/mol. The Morgan fingerprint density at radius 3 is 2.55 bits per heavy atom. The Balaban J connectivity index is 3.01. The van der Waals surface area contributed by atoms with Crippen LogP contribution in [0.5, 0.6) is 0 Å². The smallest absolute Gasteiger partial charge is 0.177 e. The molecule has 0 unspecified atom stereocenters. The van der Waals surface area contributed by atoms with E-state index in [1.54, 1.807) is 0 Å². The van der Waals surface area contributed by atoms with Gasteiger partial charge in [-0.3, -0.25) is 0 Å². The second-order valence-electron chi connectivity index (χ2n) is 3.72. The van der Waals surface area contributed by atoms with Crippen LogP contribution in [-0.2, 0) is 0 Å². The summed E-state index contributed by atoms with van der Waals surface area (Å²) in [5, 5.41) is 0. The van der Waals surface area contributed by atoms with Crippen LogP contribution in [0.3, 0.4) is 0 Å². The molecule has 0 spiro atoms. The molecule has 11 heavy (non-hydrogen) atoms. The van der Waals surface area contributed by atoms with Gasteiger partial charge in [0.15, 0.2) is 11.9 Å². The monoisotopic (exact) mass is 150 g/mol. The number of nitrogens with zero attached hydrogens (tertiary/aromatic N) is 1. The SMILES string of the molecule is CC1=[N+](C)C=CC(C)(C)C=C1. The highest BCUT2D eigenvalue weighted by atomic mass is 14.9. The molecule has 0 aromatic carbocycles. The van der Waals surface area contributed by atoms with E-state index in [4.69, 9.17) is 0 Å². The molecule has 0 saturated heterocycles. The molecule has 0 aromatic rings. The van der Waals surface area contributed by atoms with E-state index in [1.165, 1.54) is 5.71 Å². The fraction of sp³-hybridized carbons (Fsp3) is 0.500. The lowest BCUT2D eigenvalue weighted by Gasteiger charge is -2.10. The van der Waals surface area contributed by atoms with Crippen molar-refractivity contribution in [3.8, 4) is 0 Å². The standard InChI is InChI=1S/C10H16N/c1-9-5-6-10(2,3)7-8-11(9)4/h5-8H,1-4H3/q+1. The van der Waals surface area contributed by atoms with Crippen LogP contribution in [0, 0.1) is 5.41 Å². The van der Waals surface area contributed by atoms with E-state index in [1.807, 2.05) is 0 Å². The van der Waals surface area contributed by atoms with Crippen LogP contribution < -0.4 is 0 Å². The third kappa shape index (κ3) is 2.04. The van der Waals surface area contributed by atoms with E-state index in [0.29, 0.717) is 0 Å². The first-order chi connectivity index (χ1) is 5.01. The zero-order valence-electron chi connectivity index (χ0n) is 7.76. The summed E-state index contributed by atoms with van der Waals surface area (Å²) in [5.74, 6) is 0. The van der Waals surface area contributed by atoms with Gasteiger partial charge in [0.05, 0.1) is 0 Å². The van der Waals surface area contributed by atoms with Crippen molar-refractivity contribution in [1.82, 2.24) is 0 Å². The molecule has 0 radical (unpaired) electrons. The molecule has 1 nitrogen and oxygen atoms in total. The fourth-order valence-electron chi connectivity index (χ4n) is 0.930. The first-order valence-electron chi connectivity index (χ1n) is 3.96. The molecule has 1 aliphatic rings. The van der Waals surface area contributed by atoms with Gasteiger partial charge in [0.1, 0.15) is 7.05 Å². The molecule has 0 fully saturated rings. The van der Waals surface area contributed by atoms with E-state index in [9.17, 15) is 0 Å². The second kappa shape index (κ2) is 2.65. The van der Waals surface area contributed by atoms with Crippen molar-refractivity contribution in [2.24, 2.45) is 5.41 Å². The molecule has 1 aliphatic heterocycles. The van der Waals surface area contributed by atoms with Crippen LogP contribution >= 0.6 is 0 Å². The minimum Gasteiger partial charge on any atom is -0.206 e. The molecule has 1 heterocycles. The van der Waals surface area contributed by atoms with E-state index >= 15 is 0 Å². The van der Waals surface area contributed by atoms with Crippen LogP contribution in [0.1, 0.15) is 20.8 Å². The van der Waals surface area contributed by atoms with Crippen LogP contribution in [0.15, 0.2) is 24.4 Å². The van der Waals surface area contributed by atoms with Gasteiger partial charge in [-0.1, -0.05) is 19.9 Å². The first-order valence-corrected chi connectivity index (χ1v) is 3.96. The lowest BCUT2D eigenvalue weighted by molar-refractivity contribution is -0.421. The van der Waals surface area contributed by atoms with Gasteiger partial charge in [-0.25, -0.2) is 4.58 Å². The van der Waals surface area contributed by atoms with Crippen molar-refractivity contribution in [1.29, 1.82) is 0 Å². The minimum absolute atomic E-state index is 0.200. The molecule has 60 valence electrons. The molecule has 0 aliphatic carbocycles. The van der Waals surface area contributed by atoms with Crippen LogP contribution in [-0.4, -0.2) is 17.3 Å². The van der Waals surface area contributed by atoms with Gasteiger partial charge < -0.3 is 0 Å². The van der Waals surface area contributed by atoms with E-state index in [2.05, 4.69) is 56.8 Å². The molecular formula is C10H16N+. The van der Waals surface area contributed by atoms with Crippen LogP contribution in [0.25, 0.3) is 0 Å². The first kappa shape index (κ1) is 8.25. The summed E-state index contributed by atoms with van der Waals surface area (Å²) in [7, 11) is 2.07. The largest absolute Gasteiger partial charge is 0.206 e. The number of hydrogen-bond acceptors (Lipinski definition) is 0. The van der Waals surface area contributed by atoms with Gasteiger partial charge in [0, 0.05) is 18.4 Å². The summed E-state index contributed by atoms with van der Waals surface area (Å²) in [6.07, 6.45) is 8.72. The van der Waals surface area contributed by atoms with Gasteiger partial charge >= 0.3 is 0 Å². The normalized spacial score (nSPS) is 22.2. The predicted molar refractivity (Wildman–Crippen MR) is 48.9 cm³/mol. The van der Waals surface area contributed by atoms with E-state index in [0.717, 1.165) is 0 Å². The lowest BCUT2D eigenvalue weighted by Crippen LogP contribution is -2.03. The number of rotatable bonds is 0. The van der Waals surface area contributed by atoms with Gasteiger partial charge in [0.25, 0.3) is 0 Å². The highest BCUT2D eigenvalue weighted by Crippen LogP contribution is 2.20. The molecule has 0 amide bonds. The molecule has 0 saturated carbocycles. The quantitative estimate of drug-likeness (QED) is 0.466. The van der Waals surface area contributed by atoms with Crippen molar-refractivity contribution >= 4 is 5.71 Å². The Morgan fingerprint density at radius 2 is 1.91 bits per heavy atom. The van der Waals surface area contributed by atoms with Gasteiger partial charge in [-0.15, -0.1) is 0 Å². The van der Waals surface area contributed by atoms with Crippen molar-refractivity contribution in [3.63, 3.8) is 0 Å². The molecule has 0 atom stereocenters. The molecule has 0 bridgehead atoms. The van der Waals surface area contributed by atoms with Gasteiger partial charge in [0.2, 0.25) is 0 Å². The average molecular weight is 150 g/mol. The minimum atomic E-state index is 0.200. The highest BCUT2D eigenvalue weighted by Gasteiger charge is 2.14. The summed E-state index contributed by atoms with van der Waals surface area (Å²) in [6, 6.07) is 0. The molecule has 0 aromatic heterocycles. The third-order valence-corrected chi connectivity index (χ3v) is 2.04. The zero-order valence-corrected chi connectivity index (χ0v) is 7.76. The van der Waals surface area contributed by atoms with Crippen molar-refractivity contribution in [2.45, 2.75) is 20.8 Å². The van der Waals surface area contributed by atoms with E-state index < -0.39 is 0 Å². The predicted octanol–water partition coefficient (Wildman–Crippen LogP) is 2.20. The van der Waals surface area contributed by atoms with Crippen molar-refractivity contribution < 1.29 is 4.58 Å². The Bertz CT molecular complexity index is 218.